The zero-order valence-electron chi connectivity index (χ0n) is 13.9. The number of ether oxygens (including phenoxy) is 1. The van der Waals surface area contributed by atoms with E-state index in [-0.39, 0.29) is 17.5 Å². The molecule has 1 atom stereocenters. The fourth-order valence-corrected chi connectivity index (χ4v) is 3.75. The van der Waals surface area contributed by atoms with E-state index in [4.69, 9.17) is 0 Å². The average molecular weight is 509 g/mol. The Hall–Kier alpha value is -1.87. The summed E-state index contributed by atoms with van der Waals surface area (Å²) in [5, 5.41) is 2.44. The number of alkyl halides is 3. The van der Waals surface area contributed by atoms with Crippen LogP contribution in [0.1, 0.15) is 21.5 Å². The smallest absolute Gasteiger partial charge is 0.416 e. The highest BCUT2D eigenvalue weighted by molar-refractivity contribution is 9.11. The van der Waals surface area contributed by atoms with E-state index in [1.807, 2.05) is 0 Å². The number of esters is 1. The fourth-order valence-electron chi connectivity index (χ4n) is 2.46. The maximum Gasteiger partial charge on any atom is 0.416 e. The molecular formula is C18H14Br2F3NO3. The number of halogens is 5. The van der Waals surface area contributed by atoms with E-state index in [1.54, 1.807) is 6.07 Å². The monoisotopic (exact) mass is 507 g/mol. The molecule has 144 valence electrons. The lowest BCUT2D eigenvalue weighted by Crippen LogP contribution is -2.43. The van der Waals surface area contributed by atoms with E-state index in [2.05, 4.69) is 41.9 Å². The van der Waals surface area contributed by atoms with Crippen LogP contribution in [0, 0.1) is 0 Å². The minimum atomic E-state index is -4.57. The molecule has 0 saturated carbocycles. The Labute approximate surface area is 170 Å². The number of methoxy groups -OCH3 is 1. The summed E-state index contributed by atoms with van der Waals surface area (Å²) in [6.45, 7) is 0. The summed E-state index contributed by atoms with van der Waals surface area (Å²) in [7, 11) is 1.10. The van der Waals surface area contributed by atoms with Crippen molar-refractivity contribution in [2.75, 3.05) is 7.11 Å². The van der Waals surface area contributed by atoms with Gasteiger partial charge in [0, 0.05) is 20.9 Å². The topological polar surface area (TPSA) is 55.4 Å². The summed E-state index contributed by atoms with van der Waals surface area (Å²) in [6, 6.07) is 8.38. The van der Waals surface area contributed by atoms with Gasteiger partial charge in [-0.25, -0.2) is 4.79 Å². The molecule has 0 aliphatic rings. The summed E-state index contributed by atoms with van der Waals surface area (Å²) < 4.78 is 45.4. The van der Waals surface area contributed by atoms with Gasteiger partial charge in [-0.3, -0.25) is 4.79 Å². The van der Waals surface area contributed by atoms with Crippen molar-refractivity contribution >= 4 is 43.7 Å². The lowest BCUT2D eigenvalue weighted by Gasteiger charge is -2.19. The Balaban J connectivity index is 2.29. The number of benzene rings is 2. The summed E-state index contributed by atoms with van der Waals surface area (Å²) >= 11 is 6.50. The number of amides is 1. The molecule has 0 radical (unpaired) electrons. The van der Waals surface area contributed by atoms with E-state index in [0.29, 0.717) is 8.95 Å². The van der Waals surface area contributed by atoms with Gasteiger partial charge >= 0.3 is 12.1 Å². The van der Waals surface area contributed by atoms with E-state index in [1.165, 1.54) is 30.3 Å². The van der Waals surface area contributed by atoms with Gasteiger partial charge in [-0.2, -0.15) is 13.2 Å². The molecule has 0 fully saturated rings. The van der Waals surface area contributed by atoms with E-state index >= 15 is 0 Å². The molecule has 4 nitrogen and oxygen atoms in total. The van der Waals surface area contributed by atoms with Gasteiger partial charge in [-0.1, -0.05) is 50.1 Å². The Morgan fingerprint density at radius 1 is 1.11 bits per heavy atom. The van der Waals surface area contributed by atoms with Gasteiger partial charge < -0.3 is 10.1 Å². The standard InChI is InChI=1S/C18H14Br2F3NO3/c1-27-17(26)15(8-10-4-2-3-5-14(10)18(21,22)23)24-16(25)11-6-12(19)9-13(20)7-11/h2-7,9,15H,8H2,1H3,(H,24,25)/t15-/m1/s1. The molecule has 2 rings (SSSR count). The molecular weight excluding hydrogens is 495 g/mol. The highest BCUT2D eigenvalue weighted by Gasteiger charge is 2.34. The number of carbonyl (C=O) groups is 2. The second-order valence-corrected chi connectivity index (χ2v) is 7.40. The van der Waals surface area contributed by atoms with E-state index in [0.717, 1.165) is 13.2 Å². The summed E-state index contributed by atoms with van der Waals surface area (Å²) in [6.07, 6.45) is -4.93. The predicted molar refractivity (Wildman–Crippen MR) is 100 cm³/mol. The van der Waals surface area contributed by atoms with Gasteiger partial charge in [-0.15, -0.1) is 0 Å². The molecule has 9 heteroatoms. The molecule has 0 aromatic heterocycles. The van der Waals surface area contributed by atoms with Crippen LogP contribution in [0.15, 0.2) is 51.4 Å². The molecule has 1 amide bonds. The van der Waals surface area contributed by atoms with Gasteiger partial charge in [0.25, 0.3) is 5.91 Å². The molecule has 0 saturated heterocycles. The second-order valence-electron chi connectivity index (χ2n) is 5.57. The highest BCUT2D eigenvalue weighted by Crippen LogP contribution is 2.32. The molecule has 1 N–H and O–H groups in total. The van der Waals surface area contributed by atoms with Crippen molar-refractivity contribution in [3.05, 3.63) is 68.1 Å². The van der Waals surface area contributed by atoms with Crippen molar-refractivity contribution < 1.29 is 27.5 Å². The van der Waals surface area contributed by atoms with E-state index in [9.17, 15) is 22.8 Å². The van der Waals surface area contributed by atoms with Crippen molar-refractivity contribution in [2.45, 2.75) is 18.6 Å². The second kappa shape index (κ2) is 8.88. The maximum atomic E-state index is 13.2. The van der Waals surface area contributed by atoms with Crippen LogP contribution in [0.25, 0.3) is 0 Å². The first kappa shape index (κ1) is 21.4. The predicted octanol–water partition coefficient (Wildman–Crippen LogP) is 4.74. The first-order chi connectivity index (χ1) is 12.6. The van der Waals surface area contributed by atoms with Gasteiger partial charge in [0.05, 0.1) is 12.7 Å². The minimum Gasteiger partial charge on any atom is -0.467 e. The van der Waals surface area contributed by atoms with Crippen molar-refractivity contribution in [3.63, 3.8) is 0 Å². The Kier molecular flexibility index (Phi) is 7.05. The first-order valence-electron chi connectivity index (χ1n) is 7.61. The molecule has 27 heavy (non-hydrogen) atoms. The summed E-state index contributed by atoms with van der Waals surface area (Å²) in [5.41, 5.74) is -0.747. The van der Waals surface area contributed by atoms with Crippen LogP contribution in [0.3, 0.4) is 0 Å². The summed E-state index contributed by atoms with van der Waals surface area (Å²) in [5.74, 6) is -1.45. The average Bonchev–Trinajstić information content (AvgIpc) is 2.59. The van der Waals surface area contributed by atoms with Gasteiger partial charge in [0.1, 0.15) is 6.04 Å². The minimum absolute atomic E-state index is 0.115. The van der Waals surface area contributed by atoms with Crippen LogP contribution in [0.4, 0.5) is 13.2 Å². The molecule has 0 aliphatic heterocycles. The van der Waals surface area contributed by atoms with Crippen LogP contribution >= 0.6 is 31.9 Å². The Morgan fingerprint density at radius 2 is 1.70 bits per heavy atom. The third-order valence-corrected chi connectivity index (χ3v) is 4.58. The van der Waals surface area contributed by atoms with Crippen molar-refractivity contribution in [3.8, 4) is 0 Å². The molecule has 2 aromatic carbocycles. The van der Waals surface area contributed by atoms with Crippen LogP contribution in [-0.4, -0.2) is 25.0 Å². The number of hydrogen-bond donors (Lipinski definition) is 1. The number of hydrogen-bond acceptors (Lipinski definition) is 3. The number of rotatable bonds is 5. The largest absolute Gasteiger partial charge is 0.467 e. The molecule has 2 aromatic rings. The van der Waals surface area contributed by atoms with Gasteiger partial charge in [0.2, 0.25) is 0 Å². The molecule has 0 aliphatic carbocycles. The number of carbonyl (C=O) groups excluding carboxylic acids is 2. The van der Waals surface area contributed by atoms with Crippen LogP contribution in [0.5, 0.6) is 0 Å². The zero-order valence-corrected chi connectivity index (χ0v) is 17.1. The van der Waals surface area contributed by atoms with Gasteiger partial charge in [-0.05, 0) is 29.8 Å². The fraction of sp³-hybridized carbons (Fsp3) is 0.222. The van der Waals surface area contributed by atoms with Crippen LogP contribution in [-0.2, 0) is 22.1 Å². The molecule has 0 heterocycles. The first-order valence-corrected chi connectivity index (χ1v) is 9.20. The summed E-state index contributed by atoms with van der Waals surface area (Å²) in [4.78, 5) is 24.5. The third kappa shape index (κ3) is 5.80. The van der Waals surface area contributed by atoms with Crippen molar-refractivity contribution in [1.29, 1.82) is 0 Å². The quantitative estimate of drug-likeness (QED) is 0.593. The number of nitrogens with one attached hydrogen (secondary N) is 1. The molecule has 0 spiro atoms. The third-order valence-electron chi connectivity index (χ3n) is 3.66. The van der Waals surface area contributed by atoms with E-state index < -0.39 is 29.7 Å². The van der Waals surface area contributed by atoms with Crippen LogP contribution < -0.4 is 5.32 Å². The molecule has 0 unspecified atom stereocenters. The van der Waals surface area contributed by atoms with Crippen molar-refractivity contribution in [2.24, 2.45) is 0 Å². The SMILES string of the molecule is COC(=O)[C@@H](Cc1ccccc1C(F)(F)F)NC(=O)c1cc(Br)cc(Br)c1. The van der Waals surface area contributed by atoms with Gasteiger partial charge in [0.15, 0.2) is 0 Å². The Morgan fingerprint density at radius 3 is 2.26 bits per heavy atom. The van der Waals surface area contributed by atoms with Crippen LogP contribution in [0.2, 0.25) is 0 Å². The Bertz CT molecular complexity index is 836. The lowest BCUT2D eigenvalue weighted by molar-refractivity contribution is -0.144. The highest BCUT2D eigenvalue weighted by atomic mass is 79.9. The van der Waals surface area contributed by atoms with Crippen molar-refractivity contribution in [1.82, 2.24) is 5.32 Å². The zero-order chi connectivity index (χ0) is 20.2. The molecule has 0 bridgehead atoms. The maximum absolute atomic E-state index is 13.2. The normalized spacial score (nSPS) is 12.4. The lowest BCUT2D eigenvalue weighted by atomic mass is 9.99.